The number of anilines is 3. The van der Waals surface area contributed by atoms with Crippen LogP contribution in [-0.4, -0.2) is 79.7 Å². The van der Waals surface area contributed by atoms with E-state index in [1.807, 2.05) is 46.2 Å². The van der Waals surface area contributed by atoms with Crippen LogP contribution in [0.3, 0.4) is 0 Å². The van der Waals surface area contributed by atoms with Crippen molar-refractivity contribution in [2.75, 3.05) is 60.8 Å². The van der Waals surface area contributed by atoms with Crippen molar-refractivity contribution in [3.05, 3.63) is 89.5 Å². The molecule has 0 radical (unpaired) electrons. The fourth-order valence-electron chi connectivity index (χ4n) is 5.20. The molecule has 250 valence electrons. The predicted octanol–water partition coefficient (Wildman–Crippen LogP) is 5.78. The van der Waals surface area contributed by atoms with Crippen LogP contribution in [0.1, 0.15) is 42.3 Å². The number of amides is 4. The van der Waals surface area contributed by atoms with Gasteiger partial charge in [0.05, 0.1) is 18.6 Å². The Labute approximate surface area is 280 Å². The molecule has 2 aliphatic heterocycles. The average Bonchev–Trinajstić information content (AvgIpc) is 3.42. The van der Waals surface area contributed by atoms with E-state index in [1.54, 1.807) is 24.3 Å². The van der Waals surface area contributed by atoms with Crippen LogP contribution in [0.4, 0.5) is 26.7 Å². The molecule has 3 aromatic rings. The number of esters is 1. The number of benzene rings is 3. The summed E-state index contributed by atoms with van der Waals surface area (Å²) in [6, 6.07) is 22.3. The lowest BCUT2D eigenvalue weighted by Gasteiger charge is -2.36. The molecule has 3 aromatic carbocycles. The van der Waals surface area contributed by atoms with Crippen LogP contribution in [0, 0.1) is 5.92 Å². The van der Waals surface area contributed by atoms with E-state index >= 15 is 0 Å². The minimum atomic E-state index is -0.716. The summed E-state index contributed by atoms with van der Waals surface area (Å²) in [6.07, 6.45) is 0. The molecular weight excluding hydrogens is 622 g/mol. The zero-order valence-corrected chi connectivity index (χ0v) is 27.9. The Bertz CT molecular complexity index is 1530. The molecule has 0 spiro atoms. The normalized spacial score (nSPS) is 15.0. The number of nitrogens with one attached hydrogen (secondary N) is 2. The number of ether oxygens (including phenoxy) is 1. The van der Waals surface area contributed by atoms with Crippen LogP contribution in [0.5, 0.6) is 0 Å². The molecule has 0 aromatic heterocycles. The minimum Gasteiger partial charge on any atom is -0.481 e. The number of halogens is 1. The van der Waals surface area contributed by atoms with Gasteiger partial charge in [-0.05, 0) is 65.1 Å². The first-order valence-electron chi connectivity index (χ1n) is 15.4. The second-order valence-corrected chi connectivity index (χ2v) is 12.8. The number of hydrogen-bond donors (Lipinski definition) is 3. The number of carbonyl (C=O) groups excluding carboxylic acids is 3. The van der Waals surface area contributed by atoms with Crippen LogP contribution in [-0.2, 0) is 21.5 Å². The van der Waals surface area contributed by atoms with Gasteiger partial charge in [0.15, 0.2) is 0 Å². The predicted molar refractivity (Wildman–Crippen MR) is 184 cm³/mol. The third-order valence-electron chi connectivity index (χ3n) is 7.96. The van der Waals surface area contributed by atoms with Gasteiger partial charge in [-0.2, -0.15) is 0 Å². The largest absolute Gasteiger partial charge is 0.481 e. The maximum Gasteiger partial charge on any atom is 0.337 e. The molecule has 2 heterocycles. The molecule has 2 fully saturated rings. The van der Waals surface area contributed by atoms with Gasteiger partial charge >= 0.3 is 24.0 Å². The Morgan fingerprint density at radius 1 is 0.894 bits per heavy atom. The van der Waals surface area contributed by atoms with E-state index in [4.69, 9.17) is 16.7 Å². The van der Waals surface area contributed by atoms with Crippen molar-refractivity contribution < 1.29 is 29.0 Å². The standard InChI is InChI=1S/C24H29N3O3.C11H13ClN2O3/c1-24(2,3)19-6-10-21(11-7-19)27-13-12-26(23(27)30)20-8-4-17(5-9-20)14-25-15-18(16-25)22(28)29;1-17-10(15)8-2-4-9(5-3-8)14-11(16)13-7-6-12/h4-11,18H,12-16H2,1-3H3,(H,28,29);2-5H,6-7H2,1H3,(H2,13,14,16). The van der Waals surface area contributed by atoms with Crippen molar-refractivity contribution in [3.63, 3.8) is 0 Å². The number of carbonyl (C=O) groups is 4. The Balaban J connectivity index is 0.000000251. The summed E-state index contributed by atoms with van der Waals surface area (Å²) < 4.78 is 4.56. The molecule has 12 heteroatoms. The summed E-state index contributed by atoms with van der Waals surface area (Å²) in [5.41, 5.74) is 5.31. The minimum absolute atomic E-state index is 0.00157. The lowest BCUT2D eigenvalue weighted by molar-refractivity contribution is -0.147. The molecule has 0 unspecified atom stereocenters. The lowest BCUT2D eigenvalue weighted by atomic mass is 9.87. The zero-order chi connectivity index (χ0) is 34.1. The number of nitrogens with zero attached hydrogens (tertiary/aromatic N) is 3. The molecule has 2 saturated heterocycles. The molecule has 47 heavy (non-hydrogen) atoms. The van der Waals surface area contributed by atoms with Crippen molar-refractivity contribution in [2.45, 2.75) is 32.7 Å². The monoisotopic (exact) mass is 663 g/mol. The van der Waals surface area contributed by atoms with Crippen LogP contribution in [0.2, 0.25) is 0 Å². The molecule has 0 bridgehead atoms. The Morgan fingerprint density at radius 2 is 1.45 bits per heavy atom. The fraction of sp³-hybridized carbons (Fsp3) is 0.371. The van der Waals surface area contributed by atoms with Gasteiger partial charge in [0.1, 0.15) is 0 Å². The maximum absolute atomic E-state index is 13.0. The molecule has 5 rings (SSSR count). The van der Waals surface area contributed by atoms with Crippen LogP contribution >= 0.6 is 11.6 Å². The first kappa shape index (κ1) is 35.2. The van der Waals surface area contributed by atoms with E-state index < -0.39 is 11.9 Å². The van der Waals surface area contributed by atoms with Crippen molar-refractivity contribution in [1.29, 1.82) is 0 Å². The van der Waals surface area contributed by atoms with E-state index in [9.17, 15) is 19.2 Å². The highest BCUT2D eigenvalue weighted by molar-refractivity contribution is 6.18. The van der Waals surface area contributed by atoms with Crippen LogP contribution in [0.25, 0.3) is 0 Å². The fourth-order valence-corrected chi connectivity index (χ4v) is 5.29. The van der Waals surface area contributed by atoms with Crippen molar-refractivity contribution in [2.24, 2.45) is 5.92 Å². The number of carboxylic acid groups (broad SMARTS) is 1. The van der Waals surface area contributed by atoms with Gasteiger partial charge in [-0.25, -0.2) is 14.4 Å². The molecule has 11 nitrogen and oxygen atoms in total. The summed E-state index contributed by atoms with van der Waals surface area (Å²) in [5, 5.41) is 14.1. The molecule has 3 N–H and O–H groups in total. The van der Waals surface area contributed by atoms with E-state index in [0.29, 0.717) is 49.9 Å². The topological polar surface area (TPSA) is 132 Å². The molecule has 0 saturated carbocycles. The van der Waals surface area contributed by atoms with Gasteiger partial charge in [-0.15, -0.1) is 11.6 Å². The third kappa shape index (κ3) is 9.46. The van der Waals surface area contributed by atoms with Crippen molar-refractivity contribution >= 4 is 52.7 Å². The molecule has 4 amide bonds. The van der Waals surface area contributed by atoms with Gasteiger partial charge in [0.2, 0.25) is 0 Å². The molecular formula is C35H42ClN5O6. The van der Waals surface area contributed by atoms with Gasteiger partial charge in [-0.3, -0.25) is 19.5 Å². The van der Waals surface area contributed by atoms with Gasteiger partial charge in [0, 0.05) is 62.2 Å². The number of methoxy groups -OCH3 is 1. The SMILES string of the molecule is CC(C)(C)c1ccc(N2CCN(c3ccc(CN4CC(C(=O)O)C4)cc3)C2=O)cc1.COC(=O)c1ccc(NC(=O)NCCCl)cc1. The van der Waals surface area contributed by atoms with Gasteiger partial charge in [0.25, 0.3) is 0 Å². The Hall–Kier alpha value is -4.61. The first-order valence-corrected chi connectivity index (χ1v) is 16.0. The van der Waals surface area contributed by atoms with E-state index in [2.05, 4.69) is 53.2 Å². The number of carboxylic acids is 1. The summed E-state index contributed by atoms with van der Waals surface area (Å²) in [7, 11) is 1.31. The molecule has 0 aliphatic carbocycles. The third-order valence-corrected chi connectivity index (χ3v) is 8.15. The van der Waals surface area contributed by atoms with E-state index in [1.165, 1.54) is 12.7 Å². The maximum atomic E-state index is 13.0. The highest BCUT2D eigenvalue weighted by Crippen LogP contribution is 2.29. The number of aliphatic carboxylic acids is 1. The second kappa shape index (κ2) is 15.8. The van der Waals surface area contributed by atoms with E-state index in [-0.39, 0.29) is 23.4 Å². The summed E-state index contributed by atoms with van der Waals surface area (Å²) in [6.45, 7) is 10.2. The number of hydrogen-bond acceptors (Lipinski definition) is 6. The molecule has 2 aliphatic rings. The highest BCUT2D eigenvalue weighted by atomic mass is 35.5. The smallest absolute Gasteiger partial charge is 0.337 e. The van der Waals surface area contributed by atoms with Crippen LogP contribution < -0.4 is 20.4 Å². The van der Waals surface area contributed by atoms with E-state index in [0.717, 1.165) is 23.5 Å². The number of urea groups is 2. The van der Waals surface area contributed by atoms with Crippen molar-refractivity contribution in [1.82, 2.24) is 10.2 Å². The number of rotatable bonds is 9. The number of likely N-dealkylation sites (tertiary alicyclic amines) is 1. The quantitative estimate of drug-likeness (QED) is 0.195. The Kier molecular flexibility index (Phi) is 11.8. The first-order chi connectivity index (χ1) is 22.4. The van der Waals surface area contributed by atoms with Crippen molar-refractivity contribution in [3.8, 4) is 0 Å². The van der Waals surface area contributed by atoms with Gasteiger partial charge < -0.3 is 20.5 Å². The summed E-state index contributed by atoms with van der Waals surface area (Å²) in [4.78, 5) is 52.1. The second-order valence-electron chi connectivity index (χ2n) is 12.4. The average molecular weight is 664 g/mol. The van der Waals surface area contributed by atoms with Gasteiger partial charge in [-0.1, -0.05) is 45.0 Å². The summed E-state index contributed by atoms with van der Waals surface area (Å²) in [5.74, 6) is -1.01. The number of alkyl halides is 1. The Morgan fingerprint density at radius 3 is 1.94 bits per heavy atom. The van der Waals surface area contributed by atoms with Crippen LogP contribution in [0.15, 0.2) is 72.8 Å². The highest BCUT2D eigenvalue weighted by Gasteiger charge is 2.33. The zero-order valence-electron chi connectivity index (χ0n) is 27.2. The summed E-state index contributed by atoms with van der Waals surface area (Å²) >= 11 is 5.43. The molecule has 0 atom stereocenters. The lowest BCUT2D eigenvalue weighted by Crippen LogP contribution is -2.49.